The molecule has 0 spiro atoms. The second-order valence-electron chi connectivity index (χ2n) is 5.59. The van der Waals surface area contributed by atoms with E-state index in [1.807, 2.05) is 0 Å². The van der Waals surface area contributed by atoms with E-state index in [0.717, 1.165) is 24.3 Å². The molecule has 28 heavy (non-hydrogen) atoms. The summed E-state index contributed by atoms with van der Waals surface area (Å²) >= 11 is 11.7. The molecule has 7 nitrogen and oxygen atoms in total. The average Bonchev–Trinajstić information content (AvgIpc) is 2.61. The molecule has 0 bridgehead atoms. The van der Waals surface area contributed by atoms with Crippen LogP contribution < -0.4 is 21.4 Å². The summed E-state index contributed by atoms with van der Waals surface area (Å²) in [6, 6.07) is 4.40. The van der Waals surface area contributed by atoms with Gasteiger partial charge in [-0.25, -0.2) is 21.5 Å². The van der Waals surface area contributed by atoms with E-state index in [4.69, 9.17) is 39.6 Å². The molecule has 0 radical (unpaired) electrons. The Kier molecular flexibility index (Phi) is 6.50. The molecule has 2 aromatic carbocycles. The topological polar surface area (TPSA) is 105 Å². The van der Waals surface area contributed by atoms with Crippen molar-refractivity contribution >= 4 is 34.9 Å². The Bertz CT molecular complexity index is 894. The predicted molar refractivity (Wildman–Crippen MR) is 97.9 cm³/mol. The van der Waals surface area contributed by atoms with E-state index in [1.54, 1.807) is 0 Å². The molecule has 0 atom stereocenters. The van der Waals surface area contributed by atoms with Gasteiger partial charge in [0.2, 0.25) is 0 Å². The van der Waals surface area contributed by atoms with Gasteiger partial charge in [0.05, 0.1) is 21.3 Å². The third-order valence-electron chi connectivity index (χ3n) is 3.60. The molecule has 2 amide bonds. The zero-order chi connectivity index (χ0) is 21.2. The third kappa shape index (κ3) is 4.71. The quantitative estimate of drug-likeness (QED) is 0.381. The number of alkyl halides is 3. The lowest BCUT2D eigenvalue weighted by Gasteiger charge is -2.25. The fraction of sp³-hybridized carbons (Fsp3) is 0.188. The highest BCUT2D eigenvalue weighted by molar-refractivity contribution is 6.35. The largest absolute Gasteiger partial charge is 0.506 e. The van der Waals surface area contributed by atoms with Gasteiger partial charge in [0, 0.05) is 24.7 Å². The Morgan fingerprint density at radius 2 is 1.86 bits per heavy atom. The van der Waals surface area contributed by atoms with Gasteiger partial charge in [0.25, 0.3) is 0 Å². The minimum Gasteiger partial charge on any atom is -0.506 e. The maximum Gasteiger partial charge on any atom is 0.416 e. The first-order valence-electron chi connectivity index (χ1n) is 7.50. The fourth-order valence-electron chi connectivity index (χ4n) is 2.27. The van der Waals surface area contributed by atoms with Crippen LogP contribution in [0.5, 0.6) is 11.5 Å². The second-order valence-corrected chi connectivity index (χ2v) is 6.40. The minimum absolute atomic E-state index is 0.0711. The lowest BCUT2D eigenvalue weighted by molar-refractivity contribution is -0.138. The Morgan fingerprint density at radius 3 is 2.43 bits per heavy atom. The van der Waals surface area contributed by atoms with Crippen molar-refractivity contribution in [3.8, 4) is 11.5 Å². The Hall–Kier alpha value is -2.40. The molecule has 12 heteroatoms. The third-order valence-corrected chi connectivity index (χ3v) is 4.20. The number of hydrogen-bond acceptors (Lipinski definition) is 5. The average molecular weight is 439 g/mol. The fourth-order valence-corrected chi connectivity index (χ4v) is 2.64. The molecular weight excluding hydrogens is 424 g/mol. The number of carbonyl (C=O) groups excluding carboxylic acids is 1. The molecule has 2 aromatic rings. The number of benzene rings is 2. The molecule has 0 saturated heterocycles. The minimum atomic E-state index is -4.75. The number of anilines is 1. The van der Waals surface area contributed by atoms with Gasteiger partial charge < -0.3 is 9.84 Å². The number of hydrazine groups is 2. The van der Waals surface area contributed by atoms with E-state index in [1.165, 1.54) is 13.1 Å². The summed E-state index contributed by atoms with van der Waals surface area (Å²) in [6.07, 6.45) is -4.75. The van der Waals surface area contributed by atoms with Gasteiger partial charge in [-0.05, 0) is 12.1 Å². The molecule has 0 aromatic heterocycles. The van der Waals surface area contributed by atoms with Crippen molar-refractivity contribution in [2.45, 2.75) is 12.8 Å². The SMILES string of the molecule is CN(N)C(=O)N(N)c1cccc(C(F)(F)F)c1COc1cc(Cl)c(O)cc1Cl. The summed E-state index contributed by atoms with van der Waals surface area (Å²) in [5.74, 6) is 10.6. The van der Waals surface area contributed by atoms with Crippen LogP contribution in [0.4, 0.5) is 23.7 Å². The normalized spacial score (nSPS) is 11.3. The first kappa shape index (κ1) is 21.9. The van der Waals surface area contributed by atoms with Gasteiger partial charge in [-0.15, -0.1) is 0 Å². The highest BCUT2D eigenvalue weighted by Crippen LogP contribution is 2.39. The molecule has 2 rings (SSSR count). The molecule has 5 N–H and O–H groups in total. The lowest BCUT2D eigenvalue weighted by Crippen LogP contribution is -2.49. The van der Waals surface area contributed by atoms with Crippen LogP contribution in [0.15, 0.2) is 30.3 Å². The molecule has 0 aliphatic rings. The maximum atomic E-state index is 13.5. The van der Waals surface area contributed by atoms with Gasteiger partial charge in [-0.1, -0.05) is 29.3 Å². The molecule has 0 unspecified atom stereocenters. The van der Waals surface area contributed by atoms with Gasteiger partial charge in [-0.3, -0.25) is 5.01 Å². The zero-order valence-electron chi connectivity index (χ0n) is 14.3. The Labute approximate surface area is 167 Å². The number of nitrogens with two attached hydrogens (primary N) is 2. The number of halogens is 5. The van der Waals surface area contributed by atoms with E-state index in [-0.39, 0.29) is 27.2 Å². The van der Waals surface area contributed by atoms with E-state index in [9.17, 15) is 23.1 Å². The highest BCUT2D eigenvalue weighted by Gasteiger charge is 2.35. The standard InChI is InChI=1S/C16H15Cl2F3N4O3/c1-24(22)15(27)25(23)12-4-2-3-9(16(19,20)21)8(12)7-28-14-6-10(17)13(26)5-11(14)18/h2-6,26H,7,22-23H2,1H3. The van der Waals surface area contributed by atoms with Crippen LogP contribution in [0.2, 0.25) is 10.0 Å². The molecular formula is C16H15Cl2F3N4O3. The maximum absolute atomic E-state index is 13.5. The first-order valence-corrected chi connectivity index (χ1v) is 8.26. The molecule has 0 heterocycles. The zero-order valence-corrected chi connectivity index (χ0v) is 15.8. The summed E-state index contributed by atoms with van der Waals surface area (Å²) in [5.41, 5.74) is -1.75. The van der Waals surface area contributed by atoms with Crippen molar-refractivity contribution in [3.05, 3.63) is 51.5 Å². The van der Waals surface area contributed by atoms with Crippen LogP contribution >= 0.6 is 23.2 Å². The summed E-state index contributed by atoms with van der Waals surface area (Å²) < 4.78 is 45.7. The van der Waals surface area contributed by atoms with E-state index < -0.39 is 29.9 Å². The van der Waals surface area contributed by atoms with Crippen molar-refractivity contribution in [2.75, 3.05) is 12.1 Å². The van der Waals surface area contributed by atoms with Gasteiger partial charge in [-0.2, -0.15) is 13.2 Å². The number of amides is 2. The number of rotatable bonds is 4. The first-order chi connectivity index (χ1) is 12.9. The number of phenols is 1. The van der Waals surface area contributed by atoms with Crippen LogP contribution in [-0.4, -0.2) is 23.2 Å². The van der Waals surface area contributed by atoms with Gasteiger partial charge in [0.1, 0.15) is 18.1 Å². The molecule has 0 aliphatic heterocycles. The number of carbonyl (C=O) groups is 1. The van der Waals surface area contributed by atoms with Crippen molar-refractivity contribution < 1.29 is 27.8 Å². The van der Waals surface area contributed by atoms with Crippen molar-refractivity contribution in [2.24, 2.45) is 11.7 Å². The molecule has 0 aliphatic carbocycles. The summed E-state index contributed by atoms with van der Waals surface area (Å²) in [5, 5.41) is 10.4. The summed E-state index contributed by atoms with van der Waals surface area (Å²) in [4.78, 5) is 12.0. The number of hydrogen-bond donors (Lipinski definition) is 3. The van der Waals surface area contributed by atoms with E-state index in [0.29, 0.717) is 10.0 Å². The molecule has 0 fully saturated rings. The van der Waals surface area contributed by atoms with Crippen LogP contribution in [0.1, 0.15) is 11.1 Å². The number of phenolic OH excluding ortho intramolecular Hbond substituents is 1. The van der Waals surface area contributed by atoms with E-state index >= 15 is 0 Å². The summed E-state index contributed by atoms with van der Waals surface area (Å²) in [6.45, 7) is -0.652. The predicted octanol–water partition coefficient (Wildman–Crippen LogP) is 3.90. The van der Waals surface area contributed by atoms with Crippen LogP contribution in [0.25, 0.3) is 0 Å². The van der Waals surface area contributed by atoms with Crippen molar-refractivity contribution in [1.29, 1.82) is 0 Å². The van der Waals surface area contributed by atoms with Gasteiger partial charge in [0.15, 0.2) is 0 Å². The lowest BCUT2D eigenvalue weighted by atomic mass is 10.0. The number of nitrogens with zero attached hydrogens (tertiary/aromatic N) is 2. The van der Waals surface area contributed by atoms with Crippen LogP contribution in [0.3, 0.4) is 0 Å². The van der Waals surface area contributed by atoms with Crippen LogP contribution in [-0.2, 0) is 12.8 Å². The highest BCUT2D eigenvalue weighted by atomic mass is 35.5. The second kappa shape index (κ2) is 8.31. The van der Waals surface area contributed by atoms with Gasteiger partial charge >= 0.3 is 12.2 Å². The van der Waals surface area contributed by atoms with Crippen molar-refractivity contribution in [3.63, 3.8) is 0 Å². The Balaban J connectivity index is 2.48. The van der Waals surface area contributed by atoms with Crippen LogP contribution in [0, 0.1) is 0 Å². The smallest absolute Gasteiger partial charge is 0.416 e. The molecule has 152 valence electrons. The van der Waals surface area contributed by atoms with E-state index in [2.05, 4.69) is 0 Å². The monoisotopic (exact) mass is 438 g/mol. The summed E-state index contributed by atoms with van der Waals surface area (Å²) in [7, 11) is 1.18. The number of ether oxygens (including phenoxy) is 1. The Morgan fingerprint density at radius 1 is 1.21 bits per heavy atom. The number of aromatic hydroxyl groups is 1. The van der Waals surface area contributed by atoms with Crippen molar-refractivity contribution in [1.82, 2.24) is 5.01 Å². The molecule has 0 saturated carbocycles. The number of urea groups is 1.